The number of carbonyl (C=O) groups excluding carboxylic acids is 3. The summed E-state index contributed by atoms with van der Waals surface area (Å²) < 4.78 is 4.73. The Morgan fingerprint density at radius 2 is 2.09 bits per heavy atom. The van der Waals surface area contributed by atoms with Gasteiger partial charge in [0.15, 0.2) is 0 Å². The van der Waals surface area contributed by atoms with Crippen LogP contribution in [0.1, 0.15) is 17.9 Å². The predicted octanol–water partition coefficient (Wildman–Crippen LogP) is 1.59. The van der Waals surface area contributed by atoms with Crippen molar-refractivity contribution < 1.29 is 19.1 Å². The Labute approximate surface area is 143 Å². The monoisotopic (exact) mass is 356 g/mol. The van der Waals surface area contributed by atoms with Gasteiger partial charge in [0, 0.05) is 5.02 Å². The summed E-state index contributed by atoms with van der Waals surface area (Å²) in [6.07, 6.45) is 0. The lowest BCUT2D eigenvalue weighted by Crippen LogP contribution is -2.41. The van der Waals surface area contributed by atoms with Gasteiger partial charge in [0.05, 0.1) is 12.4 Å². The smallest absolute Gasteiger partial charge is 0.325 e. The van der Waals surface area contributed by atoms with Gasteiger partial charge in [-0.25, -0.2) is 0 Å². The van der Waals surface area contributed by atoms with E-state index in [9.17, 15) is 14.4 Å². The number of ether oxygens (including phenoxy) is 1. The fourth-order valence-electron chi connectivity index (χ4n) is 2.12. The second-order valence-electron chi connectivity index (χ2n) is 4.82. The number of thioether (sulfide) groups is 1. The Morgan fingerprint density at radius 3 is 2.74 bits per heavy atom. The van der Waals surface area contributed by atoms with Gasteiger partial charge in [-0.2, -0.15) is 0 Å². The Bertz CT molecular complexity index is 594. The first-order chi connectivity index (χ1) is 11.0. The summed E-state index contributed by atoms with van der Waals surface area (Å²) in [5.74, 6) is -0.690. The lowest BCUT2D eigenvalue weighted by Gasteiger charge is -2.23. The molecule has 8 heteroatoms. The van der Waals surface area contributed by atoms with Crippen molar-refractivity contribution in [3.63, 3.8) is 0 Å². The van der Waals surface area contributed by atoms with Crippen LogP contribution in [0.15, 0.2) is 24.3 Å². The molecule has 2 amide bonds. The van der Waals surface area contributed by atoms with E-state index in [-0.39, 0.29) is 31.0 Å². The Morgan fingerprint density at radius 1 is 1.39 bits per heavy atom. The van der Waals surface area contributed by atoms with Crippen LogP contribution in [0.2, 0.25) is 5.02 Å². The van der Waals surface area contributed by atoms with Crippen LogP contribution in [0.25, 0.3) is 0 Å². The number of rotatable bonds is 6. The van der Waals surface area contributed by atoms with Crippen LogP contribution in [0.4, 0.5) is 0 Å². The van der Waals surface area contributed by atoms with Crippen molar-refractivity contribution >= 4 is 41.1 Å². The zero-order valence-corrected chi connectivity index (χ0v) is 14.2. The first-order valence-electron chi connectivity index (χ1n) is 7.10. The van der Waals surface area contributed by atoms with Crippen LogP contribution in [0.3, 0.4) is 0 Å². The normalized spacial score (nSPS) is 17.2. The van der Waals surface area contributed by atoms with Crippen molar-refractivity contribution in [2.24, 2.45) is 0 Å². The van der Waals surface area contributed by atoms with Crippen molar-refractivity contribution in [3.05, 3.63) is 34.9 Å². The van der Waals surface area contributed by atoms with Crippen molar-refractivity contribution in [1.29, 1.82) is 0 Å². The largest absolute Gasteiger partial charge is 0.465 e. The maximum Gasteiger partial charge on any atom is 0.325 e. The highest BCUT2D eigenvalue weighted by molar-refractivity contribution is 8.00. The molecule has 0 bridgehead atoms. The summed E-state index contributed by atoms with van der Waals surface area (Å²) in [7, 11) is 0. The third-order valence-electron chi connectivity index (χ3n) is 3.17. The average Bonchev–Trinajstić information content (AvgIpc) is 2.88. The number of benzene rings is 1. The summed E-state index contributed by atoms with van der Waals surface area (Å²) in [5.41, 5.74) is 0.906. The number of amides is 2. The first-order valence-corrected chi connectivity index (χ1v) is 8.52. The molecule has 1 saturated heterocycles. The Hall–Kier alpha value is -1.73. The van der Waals surface area contributed by atoms with Gasteiger partial charge in [0.1, 0.15) is 18.5 Å². The van der Waals surface area contributed by atoms with Gasteiger partial charge in [0.25, 0.3) is 0 Å². The summed E-state index contributed by atoms with van der Waals surface area (Å²) in [6, 6.07) is 7.17. The van der Waals surface area contributed by atoms with Crippen LogP contribution >= 0.6 is 23.4 Å². The van der Waals surface area contributed by atoms with E-state index in [4.69, 9.17) is 16.3 Å². The van der Waals surface area contributed by atoms with Gasteiger partial charge < -0.3 is 15.0 Å². The highest BCUT2D eigenvalue weighted by atomic mass is 35.5. The van der Waals surface area contributed by atoms with Crippen LogP contribution in [-0.4, -0.2) is 48.1 Å². The molecular weight excluding hydrogens is 340 g/mol. The zero-order valence-electron chi connectivity index (χ0n) is 12.6. The molecule has 1 heterocycles. The third kappa shape index (κ3) is 4.87. The van der Waals surface area contributed by atoms with E-state index < -0.39 is 11.9 Å². The van der Waals surface area contributed by atoms with Gasteiger partial charge in [-0.3, -0.25) is 14.4 Å². The standard InChI is InChI=1S/C15H17ClN2O4S/c1-2-22-14(21)7-17-12(19)8-18-13(20)9-23-15(18)10-3-5-11(16)6-4-10/h3-6,15H,2,7-9H2,1H3,(H,17,19). The van der Waals surface area contributed by atoms with E-state index >= 15 is 0 Å². The summed E-state index contributed by atoms with van der Waals surface area (Å²) in [4.78, 5) is 36.7. The maximum absolute atomic E-state index is 12.0. The van der Waals surface area contributed by atoms with E-state index in [2.05, 4.69) is 5.32 Å². The molecule has 0 spiro atoms. The van der Waals surface area contributed by atoms with Crippen molar-refractivity contribution in [2.75, 3.05) is 25.4 Å². The lowest BCUT2D eigenvalue weighted by molar-refractivity contribution is -0.143. The zero-order chi connectivity index (χ0) is 16.8. The maximum atomic E-state index is 12.0. The number of halogens is 1. The molecule has 23 heavy (non-hydrogen) atoms. The number of hydrogen-bond donors (Lipinski definition) is 1. The number of carbonyl (C=O) groups is 3. The van der Waals surface area contributed by atoms with Crippen LogP contribution in [0.5, 0.6) is 0 Å². The van der Waals surface area contributed by atoms with E-state index in [0.717, 1.165) is 5.56 Å². The van der Waals surface area contributed by atoms with Crippen LogP contribution in [0, 0.1) is 0 Å². The van der Waals surface area contributed by atoms with E-state index in [0.29, 0.717) is 10.8 Å². The topological polar surface area (TPSA) is 75.7 Å². The van der Waals surface area contributed by atoms with Crippen molar-refractivity contribution in [3.8, 4) is 0 Å². The molecule has 1 aromatic rings. The van der Waals surface area contributed by atoms with Crippen LogP contribution < -0.4 is 5.32 Å². The molecule has 6 nitrogen and oxygen atoms in total. The molecule has 1 aromatic carbocycles. The minimum atomic E-state index is -0.503. The second-order valence-corrected chi connectivity index (χ2v) is 6.32. The SMILES string of the molecule is CCOC(=O)CNC(=O)CN1C(=O)CSC1c1ccc(Cl)cc1. The van der Waals surface area contributed by atoms with E-state index in [1.807, 2.05) is 12.1 Å². The molecule has 0 saturated carbocycles. The number of nitrogens with one attached hydrogen (secondary N) is 1. The molecule has 0 radical (unpaired) electrons. The highest BCUT2D eigenvalue weighted by Crippen LogP contribution is 2.38. The van der Waals surface area contributed by atoms with E-state index in [1.54, 1.807) is 19.1 Å². The fourth-order valence-corrected chi connectivity index (χ4v) is 3.44. The van der Waals surface area contributed by atoms with E-state index in [1.165, 1.54) is 16.7 Å². The molecule has 1 aliphatic heterocycles. The molecule has 1 atom stereocenters. The second kappa shape index (κ2) is 8.21. The molecule has 2 rings (SSSR count). The molecule has 1 N–H and O–H groups in total. The quantitative estimate of drug-likeness (QED) is 0.783. The average molecular weight is 357 g/mol. The van der Waals surface area contributed by atoms with Crippen molar-refractivity contribution in [1.82, 2.24) is 10.2 Å². The molecule has 124 valence electrons. The van der Waals surface area contributed by atoms with Gasteiger partial charge in [-0.15, -0.1) is 11.8 Å². The van der Waals surface area contributed by atoms with Crippen LogP contribution in [-0.2, 0) is 19.1 Å². The van der Waals surface area contributed by atoms with Gasteiger partial charge in [-0.05, 0) is 24.6 Å². The molecule has 1 unspecified atom stereocenters. The third-order valence-corrected chi connectivity index (χ3v) is 4.68. The van der Waals surface area contributed by atoms with Crippen molar-refractivity contribution in [2.45, 2.75) is 12.3 Å². The highest BCUT2D eigenvalue weighted by Gasteiger charge is 2.34. The fraction of sp³-hybridized carbons (Fsp3) is 0.400. The van der Waals surface area contributed by atoms with Gasteiger partial charge in [-0.1, -0.05) is 23.7 Å². The molecular formula is C15H17ClN2O4S. The molecule has 0 aromatic heterocycles. The summed E-state index contributed by atoms with van der Waals surface area (Å²) in [6.45, 7) is 1.65. The summed E-state index contributed by atoms with van der Waals surface area (Å²) in [5, 5.41) is 2.84. The van der Waals surface area contributed by atoms with Gasteiger partial charge >= 0.3 is 5.97 Å². The number of nitrogens with zero attached hydrogens (tertiary/aromatic N) is 1. The molecule has 1 aliphatic rings. The number of esters is 1. The Kier molecular flexibility index (Phi) is 6.29. The predicted molar refractivity (Wildman–Crippen MR) is 88.0 cm³/mol. The first kappa shape index (κ1) is 17.6. The molecule has 0 aliphatic carbocycles. The minimum Gasteiger partial charge on any atom is -0.465 e. The lowest BCUT2D eigenvalue weighted by atomic mass is 10.2. The van der Waals surface area contributed by atoms with Gasteiger partial charge in [0.2, 0.25) is 11.8 Å². The minimum absolute atomic E-state index is 0.0987. The Balaban J connectivity index is 1.96. The summed E-state index contributed by atoms with van der Waals surface area (Å²) >= 11 is 7.32. The molecule has 1 fully saturated rings. The number of hydrogen-bond acceptors (Lipinski definition) is 5.